The van der Waals surface area contributed by atoms with Crippen LogP contribution in [0.3, 0.4) is 0 Å². The van der Waals surface area contributed by atoms with Crippen LogP contribution in [-0.4, -0.2) is 62.0 Å². The van der Waals surface area contributed by atoms with Crippen molar-refractivity contribution in [2.45, 2.75) is 0 Å². The van der Waals surface area contributed by atoms with Crippen molar-refractivity contribution in [2.24, 2.45) is 0 Å². The third kappa shape index (κ3) is 3.95. The number of hydrogen-bond donors (Lipinski definition) is 1. The van der Waals surface area contributed by atoms with Crippen molar-refractivity contribution in [2.75, 3.05) is 43.4 Å². The predicted octanol–water partition coefficient (Wildman–Crippen LogP) is 4.23. The topological polar surface area (TPSA) is 83.6 Å². The van der Waals surface area contributed by atoms with Crippen molar-refractivity contribution in [3.05, 3.63) is 81.5 Å². The minimum atomic E-state index is -0.303. The highest BCUT2D eigenvalue weighted by Gasteiger charge is 2.19. The van der Waals surface area contributed by atoms with E-state index in [4.69, 9.17) is 23.2 Å². The number of anilines is 3. The smallest absolute Gasteiger partial charge is 0.270 e. The third-order valence-corrected chi connectivity index (χ3v) is 7.02. The molecule has 6 rings (SSSR count). The summed E-state index contributed by atoms with van der Waals surface area (Å²) < 4.78 is 3.22. The summed E-state index contributed by atoms with van der Waals surface area (Å²) in [6, 6.07) is 13.0. The van der Waals surface area contributed by atoms with E-state index in [9.17, 15) is 4.79 Å². The monoisotopic (exact) mass is 520 g/mol. The molecule has 1 N–H and O–H groups in total. The first-order valence-corrected chi connectivity index (χ1v) is 12.2. The van der Waals surface area contributed by atoms with E-state index >= 15 is 0 Å². The quantitative estimate of drug-likeness (QED) is 0.379. The van der Waals surface area contributed by atoms with Crippen molar-refractivity contribution in [1.29, 1.82) is 0 Å². The van der Waals surface area contributed by atoms with E-state index < -0.39 is 0 Å². The summed E-state index contributed by atoms with van der Waals surface area (Å²) in [7, 11) is 2.12. The number of nitrogens with zero attached hydrogens (tertiary/aromatic N) is 7. The first-order valence-electron chi connectivity index (χ1n) is 11.5. The summed E-state index contributed by atoms with van der Waals surface area (Å²) in [5, 5.41) is 4.65. The van der Waals surface area contributed by atoms with Crippen molar-refractivity contribution in [1.82, 2.24) is 28.8 Å². The molecule has 182 valence electrons. The average Bonchev–Trinajstić information content (AvgIpc) is 3.36. The molecule has 1 aliphatic heterocycles. The summed E-state index contributed by atoms with van der Waals surface area (Å²) in [5.41, 5.74) is 2.44. The van der Waals surface area contributed by atoms with Crippen LogP contribution < -0.4 is 15.8 Å². The Kier molecular flexibility index (Phi) is 5.75. The summed E-state index contributed by atoms with van der Waals surface area (Å²) in [6.45, 7) is 3.87. The van der Waals surface area contributed by atoms with E-state index in [1.807, 2.05) is 30.3 Å². The van der Waals surface area contributed by atoms with E-state index in [1.54, 1.807) is 28.9 Å². The summed E-state index contributed by atoms with van der Waals surface area (Å²) in [4.78, 5) is 31.5. The normalized spacial score (nSPS) is 14.6. The Morgan fingerprint density at radius 3 is 2.53 bits per heavy atom. The molecule has 0 spiro atoms. The molecule has 0 saturated carbocycles. The third-order valence-electron chi connectivity index (χ3n) is 6.39. The van der Waals surface area contributed by atoms with Gasteiger partial charge in [-0.2, -0.15) is 4.98 Å². The molecule has 1 fully saturated rings. The molecule has 0 aliphatic carbocycles. The van der Waals surface area contributed by atoms with Gasteiger partial charge in [-0.05, 0) is 37.4 Å². The zero-order chi connectivity index (χ0) is 24.8. The van der Waals surface area contributed by atoms with Crippen LogP contribution in [-0.2, 0) is 0 Å². The van der Waals surface area contributed by atoms with Crippen LogP contribution in [0.5, 0.6) is 0 Å². The number of fused-ring (bicyclic) bond motifs is 3. The standard InChI is InChI=1S/C25H22Cl2N8O/c1-32-10-12-33(13-11-32)20-7-6-16(14-19(20)27)30-24-29-15-17-22(31-24)34-9-8-28-25(34)35(23(17)36)21-5-3-2-4-18(21)26/h2-9,14-15H,10-13H2,1H3,(H,29,30,31). The number of likely N-dealkylation sites (N-methyl/N-ethyl adjacent to an activating group) is 1. The Bertz CT molecular complexity index is 1660. The molecule has 4 heterocycles. The number of aromatic nitrogens is 5. The molecule has 5 aromatic rings. The Labute approximate surface area is 216 Å². The highest BCUT2D eigenvalue weighted by molar-refractivity contribution is 6.33. The molecule has 0 atom stereocenters. The number of rotatable bonds is 4. The molecular formula is C25H22Cl2N8O. The van der Waals surface area contributed by atoms with Crippen LogP contribution in [0.1, 0.15) is 0 Å². The lowest BCUT2D eigenvalue weighted by molar-refractivity contribution is 0.313. The van der Waals surface area contributed by atoms with E-state index in [1.165, 1.54) is 10.8 Å². The molecule has 0 amide bonds. The molecule has 36 heavy (non-hydrogen) atoms. The molecule has 1 aliphatic rings. The van der Waals surface area contributed by atoms with E-state index in [2.05, 4.69) is 37.1 Å². The molecular weight excluding hydrogens is 499 g/mol. The lowest BCUT2D eigenvalue weighted by Crippen LogP contribution is -2.44. The van der Waals surface area contributed by atoms with Crippen LogP contribution in [0.25, 0.3) is 22.5 Å². The highest BCUT2D eigenvalue weighted by Crippen LogP contribution is 2.30. The van der Waals surface area contributed by atoms with Gasteiger partial charge in [0.05, 0.1) is 21.4 Å². The van der Waals surface area contributed by atoms with Gasteiger partial charge in [0.25, 0.3) is 5.56 Å². The van der Waals surface area contributed by atoms with Gasteiger partial charge in [0, 0.05) is 50.5 Å². The fraction of sp³-hybridized carbons (Fsp3) is 0.200. The van der Waals surface area contributed by atoms with Gasteiger partial charge in [0.2, 0.25) is 11.7 Å². The van der Waals surface area contributed by atoms with Gasteiger partial charge in [-0.25, -0.2) is 14.5 Å². The van der Waals surface area contributed by atoms with Gasteiger partial charge in [-0.1, -0.05) is 35.3 Å². The summed E-state index contributed by atoms with van der Waals surface area (Å²) in [6.07, 6.45) is 4.89. The van der Waals surface area contributed by atoms with Gasteiger partial charge < -0.3 is 15.1 Å². The Hall–Kier alpha value is -3.66. The minimum absolute atomic E-state index is 0.303. The van der Waals surface area contributed by atoms with Crippen molar-refractivity contribution in [3.8, 4) is 5.69 Å². The molecule has 1 saturated heterocycles. The maximum atomic E-state index is 13.4. The second-order valence-corrected chi connectivity index (χ2v) is 9.52. The Morgan fingerprint density at radius 2 is 1.75 bits per heavy atom. The molecule has 9 nitrogen and oxygen atoms in total. The minimum Gasteiger partial charge on any atom is -0.368 e. The summed E-state index contributed by atoms with van der Waals surface area (Å²) in [5.74, 6) is 0.751. The number of imidazole rings is 1. The van der Waals surface area contributed by atoms with Crippen molar-refractivity contribution >= 4 is 57.3 Å². The largest absolute Gasteiger partial charge is 0.368 e. The van der Waals surface area contributed by atoms with Gasteiger partial charge >= 0.3 is 0 Å². The number of nitrogens with one attached hydrogen (secondary N) is 1. The van der Waals surface area contributed by atoms with E-state index in [-0.39, 0.29) is 5.56 Å². The maximum Gasteiger partial charge on any atom is 0.270 e. The lowest BCUT2D eigenvalue weighted by atomic mass is 10.2. The molecule has 11 heteroatoms. The number of benzene rings is 2. The van der Waals surface area contributed by atoms with Crippen LogP contribution >= 0.6 is 23.2 Å². The Morgan fingerprint density at radius 1 is 0.944 bits per heavy atom. The van der Waals surface area contributed by atoms with Crippen LogP contribution in [0.2, 0.25) is 10.0 Å². The molecule has 2 aromatic carbocycles. The number of halogens is 2. The first kappa shape index (κ1) is 22.8. The highest BCUT2D eigenvalue weighted by atomic mass is 35.5. The van der Waals surface area contributed by atoms with E-state index in [0.717, 1.165) is 37.6 Å². The SMILES string of the molecule is CN1CCN(c2ccc(Nc3ncc4c(=O)n(-c5ccccc5Cl)c5nccn5c4n3)cc2Cl)CC1. The predicted molar refractivity (Wildman–Crippen MR) is 143 cm³/mol. The zero-order valence-corrected chi connectivity index (χ0v) is 20.9. The molecule has 0 unspecified atom stereocenters. The number of hydrogen-bond acceptors (Lipinski definition) is 7. The van der Waals surface area contributed by atoms with Crippen LogP contribution in [0, 0.1) is 0 Å². The van der Waals surface area contributed by atoms with Crippen molar-refractivity contribution < 1.29 is 0 Å². The first-order chi connectivity index (χ1) is 17.5. The molecule has 3 aromatic heterocycles. The fourth-order valence-electron chi connectivity index (χ4n) is 4.47. The van der Waals surface area contributed by atoms with E-state index in [0.29, 0.717) is 38.5 Å². The second-order valence-electron chi connectivity index (χ2n) is 8.70. The second kappa shape index (κ2) is 9.09. The maximum absolute atomic E-state index is 13.4. The van der Waals surface area contributed by atoms with Gasteiger partial charge in [-0.3, -0.25) is 9.20 Å². The lowest BCUT2D eigenvalue weighted by Gasteiger charge is -2.34. The molecule has 0 radical (unpaired) electrons. The van der Waals surface area contributed by atoms with Gasteiger partial charge in [0.1, 0.15) is 5.39 Å². The van der Waals surface area contributed by atoms with Gasteiger partial charge in [0.15, 0.2) is 5.65 Å². The Balaban J connectivity index is 1.37. The fourth-order valence-corrected chi connectivity index (χ4v) is 4.99. The number of para-hydroxylation sites is 1. The molecule has 0 bridgehead atoms. The van der Waals surface area contributed by atoms with Crippen molar-refractivity contribution in [3.63, 3.8) is 0 Å². The van der Waals surface area contributed by atoms with Crippen LogP contribution in [0.4, 0.5) is 17.3 Å². The zero-order valence-electron chi connectivity index (χ0n) is 19.4. The van der Waals surface area contributed by atoms with Gasteiger partial charge in [-0.15, -0.1) is 0 Å². The number of piperazine rings is 1. The summed E-state index contributed by atoms with van der Waals surface area (Å²) >= 11 is 13.0. The van der Waals surface area contributed by atoms with Crippen LogP contribution in [0.15, 0.2) is 65.8 Å². The average molecular weight is 521 g/mol.